The van der Waals surface area contributed by atoms with E-state index in [1.54, 1.807) is 0 Å². The second-order valence-electron chi connectivity index (χ2n) is 8.10. The average molecular weight is 403 g/mol. The van der Waals surface area contributed by atoms with Gasteiger partial charge >= 0.3 is 0 Å². The van der Waals surface area contributed by atoms with E-state index < -0.39 is 0 Å². The van der Waals surface area contributed by atoms with Crippen LogP contribution in [-0.2, 0) is 13.0 Å². The average Bonchev–Trinajstić information content (AvgIpc) is 3.17. The van der Waals surface area contributed by atoms with Crippen molar-refractivity contribution < 1.29 is 0 Å². The third-order valence-electron chi connectivity index (χ3n) is 5.92. The normalized spacial score (nSPS) is 15.4. The number of aryl methyl sites for hydroxylation is 2. The van der Waals surface area contributed by atoms with Gasteiger partial charge in [0.15, 0.2) is 0 Å². The number of aromatic nitrogens is 3. The molecule has 0 atom stereocenters. The number of pyridine rings is 1. The van der Waals surface area contributed by atoms with Gasteiger partial charge in [-0.15, -0.1) is 0 Å². The van der Waals surface area contributed by atoms with E-state index in [0.29, 0.717) is 0 Å². The number of aliphatic imine (C=N–C) groups is 1. The number of hydrogen-bond acceptors (Lipinski definition) is 5. The Morgan fingerprint density at radius 3 is 2.77 bits per heavy atom. The maximum atomic E-state index is 6.25. The van der Waals surface area contributed by atoms with E-state index in [2.05, 4.69) is 59.1 Å². The number of hydrogen-bond donors (Lipinski definition) is 2. The van der Waals surface area contributed by atoms with Gasteiger partial charge in [-0.05, 0) is 63.4 Å². The molecule has 0 saturated heterocycles. The fourth-order valence-corrected chi connectivity index (χ4v) is 4.56. The SMILES string of the molecule is CCN=C(C)C(=C(C)N)N1CCc2nc(-c3c(C)ccc4[nH]ncc34)cc(C)c2C1. The largest absolute Gasteiger partial charge is 0.401 e. The summed E-state index contributed by atoms with van der Waals surface area (Å²) < 4.78 is 0. The molecule has 0 unspecified atom stereocenters. The van der Waals surface area contributed by atoms with Gasteiger partial charge in [0.2, 0.25) is 0 Å². The Hall–Kier alpha value is -3.15. The van der Waals surface area contributed by atoms with Crippen molar-refractivity contribution in [1.29, 1.82) is 0 Å². The van der Waals surface area contributed by atoms with Crippen molar-refractivity contribution >= 4 is 16.6 Å². The summed E-state index contributed by atoms with van der Waals surface area (Å²) in [5.41, 5.74) is 17.3. The van der Waals surface area contributed by atoms with Crippen molar-refractivity contribution in [1.82, 2.24) is 20.1 Å². The molecule has 3 aromatic rings. The van der Waals surface area contributed by atoms with Gasteiger partial charge in [-0.1, -0.05) is 6.07 Å². The fourth-order valence-electron chi connectivity index (χ4n) is 4.56. The molecule has 3 heterocycles. The maximum absolute atomic E-state index is 6.25. The van der Waals surface area contributed by atoms with E-state index in [4.69, 9.17) is 10.7 Å². The van der Waals surface area contributed by atoms with Crippen molar-refractivity contribution in [3.05, 3.63) is 58.2 Å². The van der Waals surface area contributed by atoms with Gasteiger partial charge in [0.1, 0.15) is 0 Å². The number of nitrogens with two attached hydrogens (primary N) is 1. The van der Waals surface area contributed by atoms with Crippen LogP contribution in [0, 0.1) is 13.8 Å². The van der Waals surface area contributed by atoms with Gasteiger partial charge in [-0.25, -0.2) is 0 Å². The zero-order chi connectivity index (χ0) is 21.4. The number of benzene rings is 1. The fraction of sp³-hybridized carbons (Fsp3) is 0.375. The molecular formula is C24H30N6. The molecule has 1 aliphatic heterocycles. The summed E-state index contributed by atoms with van der Waals surface area (Å²) in [5.74, 6) is 0. The highest BCUT2D eigenvalue weighted by molar-refractivity contribution is 5.98. The molecule has 1 aromatic carbocycles. The summed E-state index contributed by atoms with van der Waals surface area (Å²) in [6, 6.07) is 6.42. The van der Waals surface area contributed by atoms with Crippen LogP contribution in [0.25, 0.3) is 22.2 Å². The van der Waals surface area contributed by atoms with E-state index in [1.165, 1.54) is 27.9 Å². The van der Waals surface area contributed by atoms with Crippen molar-refractivity contribution in [2.45, 2.75) is 47.6 Å². The molecule has 30 heavy (non-hydrogen) atoms. The molecule has 3 N–H and O–H groups in total. The van der Waals surface area contributed by atoms with E-state index in [1.807, 2.05) is 20.0 Å². The van der Waals surface area contributed by atoms with Crippen LogP contribution >= 0.6 is 0 Å². The monoisotopic (exact) mass is 402 g/mol. The molecule has 0 radical (unpaired) electrons. The quantitative estimate of drug-likeness (QED) is 0.639. The molecule has 0 bridgehead atoms. The molecule has 0 saturated carbocycles. The summed E-state index contributed by atoms with van der Waals surface area (Å²) in [6.07, 6.45) is 2.79. The van der Waals surface area contributed by atoms with Crippen LogP contribution in [0.1, 0.15) is 43.2 Å². The molecule has 4 rings (SSSR count). The number of allylic oxidation sites excluding steroid dienone is 2. The Morgan fingerprint density at radius 2 is 2.03 bits per heavy atom. The Morgan fingerprint density at radius 1 is 1.23 bits per heavy atom. The van der Waals surface area contributed by atoms with Crippen LogP contribution in [0.2, 0.25) is 0 Å². The lowest BCUT2D eigenvalue weighted by atomic mass is 9.95. The molecule has 0 spiro atoms. The number of H-pyrrole nitrogens is 1. The van der Waals surface area contributed by atoms with E-state index in [0.717, 1.165) is 59.8 Å². The van der Waals surface area contributed by atoms with Crippen molar-refractivity contribution in [2.24, 2.45) is 10.7 Å². The molecule has 1 aliphatic rings. The third kappa shape index (κ3) is 3.47. The Balaban J connectivity index is 1.75. The maximum Gasteiger partial charge on any atom is 0.0768 e. The second-order valence-corrected chi connectivity index (χ2v) is 8.10. The lowest BCUT2D eigenvalue weighted by Crippen LogP contribution is -2.35. The highest BCUT2D eigenvalue weighted by atomic mass is 15.2. The first-order chi connectivity index (χ1) is 14.4. The molecule has 0 aliphatic carbocycles. The summed E-state index contributed by atoms with van der Waals surface area (Å²) in [4.78, 5) is 12.1. The minimum Gasteiger partial charge on any atom is -0.401 e. The van der Waals surface area contributed by atoms with Gasteiger partial charge in [-0.2, -0.15) is 5.10 Å². The summed E-state index contributed by atoms with van der Waals surface area (Å²) in [5, 5.41) is 8.42. The first-order valence-electron chi connectivity index (χ1n) is 10.6. The highest BCUT2D eigenvalue weighted by Gasteiger charge is 2.24. The third-order valence-corrected chi connectivity index (χ3v) is 5.92. The molecule has 6 heteroatoms. The van der Waals surface area contributed by atoms with Crippen LogP contribution in [0.4, 0.5) is 0 Å². The molecule has 0 amide bonds. The predicted octanol–water partition coefficient (Wildman–Crippen LogP) is 4.27. The van der Waals surface area contributed by atoms with Gasteiger partial charge < -0.3 is 10.6 Å². The summed E-state index contributed by atoms with van der Waals surface area (Å²) in [6.45, 7) is 12.8. The van der Waals surface area contributed by atoms with Gasteiger partial charge in [0.05, 0.1) is 28.8 Å². The standard InChI is InChI=1S/C24H30N6/c1-6-26-17(5)24(16(4)25)30-10-9-20-19(13-30)15(3)11-22(28-20)23-14(2)7-8-21-18(23)12-27-29-21/h7-8,11-12H,6,9-10,13,25H2,1-5H3,(H,27,29). The Labute approximate surface area is 177 Å². The summed E-state index contributed by atoms with van der Waals surface area (Å²) >= 11 is 0. The van der Waals surface area contributed by atoms with Crippen molar-refractivity contribution in [2.75, 3.05) is 13.1 Å². The zero-order valence-corrected chi connectivity index (χ0v) is 18.5. The number of rotatable bonds is 4. The minimum atomic E-state index is 0.760. The van der Waals surface area contributed by atoms with E-state index in [-0.39, 0.29) is 0 Å². The first kappa shape index (κ1) is 20.1. The van der Waals surface area contributed by atoms with Crippen molar-refractivity contribution in [3.8, 4) is 11.3 Å². The Kier molecular flexibility index (Phi) is 5.33. The number of aromatic amines is 1. The van der Waals surface area contributed by atoms with Crippen LogP contribution in [0.15, 0.2) is 40.8 Å². The lowest BCUT2D eigenvalue weighted by Gasteiger charge is -2.34. The topological polar surface area (TPSA) is 83.2 Å². The van der Waals surface area contributed by atoms with Gasteiger partial charge in [0.25, 0.3) is 0 Å². The van der Waals surface area contributed by atoms with Gasteiger partial charge in [-0.3, -0.25) is 15.1 Å². The van der Waals surface area contributed by atoms with Crippen LogP contribution in [0.3, 0.4) is 0 Å². The van der Waals surface area contributed by atoms with Crippen LogP contribution < -0.4 is 5.73 Å². The molecule has 6 nitrogen and oxygen atoms in total. The zero-order valence-electron chi connectivity index (χ0n) is 18.5. The highest BCUT2D eigenvalue weighted by Crippen LogP contribution is 2.33. The summed E-state index contributed by atoms with van der Waals surface area (Å²) in [7, 11) is 0. The smallest absolute Gasteiger partial charge is 0.0768 e. The van der Waals surface area contributed by atoms with E-state index in [9.17, 15) is 0 Å². The predicted molar refractivity (Wildman–Crippen MR) is 123 cm³/mol. The van der Waals surface area contributed by atoms with Crippen LogP contribution in [0.5, 0.6) is 0 Å². The number of fused-ring (bicyclic) bond motifs is 2. The van der Waals surface area contributed by atoms with Crippen molar-refractivity contribution in [3.63, 3.8) is 0 Å². The molecule has 156 valence electrons. The second kappa shape index (κ2) is 7.94. The number of nitrogens with one attached hydrogen (secondary N) is 1. The lowest BCUT2D eigenvalue weighted by molar-refractivity contribution is 0.330. The molecular weight excluding hydrogens is 372 g/mol. The Bertz CT molecular complexity index is 1160. The van der Waals surface area contributed by atoms with Gasteiger partial charge in [0, 0.05) is 48.4 Å². The number of nitrogens with zero attached hydrogens (tertiary/aromatic N) is 4. The first-order valence-corrected chi connectivity index (χ1v) is 10.6. The molecule has 2 aromatic heterocycles. The molecule has 0 fully saturated rings. The minimum absolute atomic E-state index is 0.760. The van der Waals surface area contributed by atoms with Crippen LogP contribution in [-0.4, -0.2) is 38.9 Å². The van der Waals surface area contributed by atoms with E-state index >= 15 is 0 Å².